The van der Waals surface area contributed by atoms with Crippen LogP contribution in [-0.2, 0) is 16.1 Å². The van der Waals surface area contributed by atoms with E-state index in [4.69, 9.17) is 0 Å². The summed E-state index contributed by atoms with van der Waals surface area (Å²) in [4.78, 5) is 30.4. The van der Waals surface area contributed by atoms with Crippen molar-refractivity contribution in [2.75, 3.05) is 22.5 Å². The van der Waals surface area contributed by atoms with E-state index in [2.05, 4.69) is 27.4 Å². The third-order valence-corrected chi connectivity index (χ3v) is 5.45. The first-order valence-electron chi connectivity index (χ1n) is 9.33. The molecule has 0 saturated heterocycles. The summed E-state index contributed by atoms with van der Waals surface area (Å²) in [7, 11) is 0. The fraction of sp³-hybridized carbons (Fsp3) is 0.250. The Morgan fingerprint density at radius 1 is 1.17 bits per heavy atom. The van der Waals surface area contributed by atoms with Crippen molar-refractivity contribution < 1.29 is 9.59 Å². The number of nitrogens with one attached hydrogen (secondary N) is 1. The number of benzene rings is 1. The number of hydrogen-bond donors (Lipinski definition) is 1. The van der Waals surface area contributed by atoms with Crippen LogP contribution in [0.4, 0.5) is 11.4 Å². The average molecular weight is 408 g/mol. The van der Waals surface area contributed by atoms with Gasteiger partial charge in [0, 0.05) is 24.5 Å². The van der Waals surface area contributed by atoms with Gasteiger partial charge in [0.2, 0.25) is 11.8 Å². The van der Waals surface area contributed by atoms with Crippen molar-refractivity contribution >= 4 is 35.0 Å². The fourth-order valence-electron chi connectivity index (χ4n) is 3.20. The normalized spacial score (nSPS) is 13.1. The Labute approximate surface area is 172 Å². The number of carbonyl (C=O) groups is 2. The zero-order valence-corrected chi connectivity index (χ0v) is 16.7. The van der Waals surface area contributed by atoms with Crippen LogP contribution in [0.5, 0.6) is 0 Å². The Hall–Kier alpha value is -3.20. The van der Waals surface area contributed by atoms with Crippen molar-refractivity contribution in [3.05, 3.63) is 48.8 Å². The number of amides is 2. The lowest BCUT2D eigenvalue weighted by molar-refractivity contribution is -0.120. The topological polar surface area (TPSA) is 93.0 Å². The molecule has 4 rings (SSSR count). The van der Waals surface area contributed by atoms with Crippen LogP contribution < -0.4 is 10.2 Å². The van der Waals surface area contributed by atoms with E-state index in [1.165, 1.54) is 16.7 Å². The molecule has 3 aromatic rings. The molecule has 0 aliphatic carbocycles. The highest BCUT2D eigenvalue weighted by atomic mass is 32.2. The van der Waals surface area contributed by atoms with Crippen LogP contribution in [-0.4, -0.2) is 43.9 Å². The van der Waals surface area contributed by atoms with Crippen molar-refractivity contribution in [3.63, 3.8) is 0 Å². The Morgan fingerprint density at radius 2 is 1.97 bits per heavy atom. The second-order valence-electron chi connectivity index (χ2n) is 6.53. The Bertz CT molecular complexity index is 1040. The standard InChI is InChI=1S/C20H20N6O2S/c1-2-11-25-19(14-7-9-21-10-8-14)23-24-20(25)29-13-18(28)26-12-17(27)22-15-5-3-4-6-16(15)26/h3-10H,2,11-13H2,1H3,(H,22,27). The lowest BCUT2D eigenvalue weighted by Crippen LogP contribution is -2.43. The highest BCUT2D eigenvalue weighted by Crippen LogP contribution is 2.30. The molecule has 2 amide bonds. The highest BCUT2D eigenvalue weighted by Gasteiger charge is 2.27. The third kappa shape index (κ3) is 4.00. The van der Waals surface area contributed by atoms with Crippen molar-refractivity contribution in [1.82, 2.24) is 19.7 Å². The van der Waals surface area contributed by atoms with E-state index in [1.54, 1.807) is 18.5 Å². The summed E-state index contributed by atoms with van der Waals surface area (Å²) in [6, 6.07) is 11.1. The molecule has 0 bridgehead atoms. The largest absolute Gasteiger partial charge is 0.323 e. The SMILES string of the molecule is CCCn1c(SCC(=O)N2CC(=O)Nc3ccccc32)nnc1-c1ccncc1. The molecule has 29 heavy (non-hydrogen) atoms. The minimum atomic E-state index is -0.198. The maximum Gasteiger partial charge on any atom is 0.244 e. The quantitative estimate of drug-likeness (QED) is 0.631. The fourth-order valence-corrected chi connectivity index (χ4v) is 4.04. The van der Waals surface area contributed by atoms with E-state index >= 15 is 0 Å². The number of nitrogens with zero attached hydrogens (tertiary/aromatic N) is 5. The van der Waals surface area contributed by atoms with Crippen LogP contribution in [0.15, 0.2) is 53.9 Å². The molecule has 1 aliphatic heterocycles. The Morgan fingerprint density at radius 3 is 2.76 bits per heavy atom. The number of hydrogen-bond acceptors (Lipinski definition) is 6. The summed E-state index contributed by atoms with van der Waals surface area (Å²) in [6.45, 7) is 2.84. The first kappa shape index (κ1) is 19.1. The number of carbonyl (C=O) groups excluding carboxylic acids is 2. The summed E-state index contributed by atoms with van der Waals surface area (Å²) >= 11 is 1.33. The minimum Gasteiger partial charge on any atom is -0.323 e. The Kier molecular flexibility index (Phi) is 5.57. The lowest BCUT2D eigenvalue weighted by Gasteiger charge is -2.29. The van der Waals surface area contributed by atoms with E-state index in [0.717, 1.165) is 24.4 Å². The molecule has 0 spiro atoms. The van der Waals surface area contributed by atoms with Gasteiger partial charge in [0.15, 0.2) is 11.0 Å². The minimum absolute atomic E-state index is 0.0142. The molecule has 3 heterocycles. The molecule has 0 fully saturated rings. The number of rotatable bonds is 6. The van der Waals surface area contributed by atoms with E-state index in [1.807, 2.05) is 34.9 Å². The molecule has 1 aliphatic rings. The average Bonchev–Trinajstić information content (AvgIpc) is 3.15. The Balaban J connectivity index is 1.53. The number of thioether (sulfide) groups is 1. The van der Waals surface area contributed by atoms with Gasteiger partial charge in [-0.05, 0) is 30.7 Å². The van der Waals surface area contributed by atoms with Crippen molar-refractivity contribution in [1.29, 1.82) is 0 Å². The first-order chi connectivity index (χ1) is 14.2. The van der Waals surface area contributed by atoms with Gasteiger partial charge in [-0.15, -0.1) is 10.2 Å². The van der Waals surface area contributed by atoms with Gasteiger partial charge in [-0.25, -0.2) is 0 Å². The van der Waals surface area contributed by atoms with Crippen molar-refractivity contribution in [2.24, 2.45) is 0 Å². The monoisotopic (exact) mass is 408 g/mol. The third-order valence-electron chi connectivity index (χ3n) is 4.50. The van der Waals surface area contributed by atoms with Crippen LogP contribution in [0.1, 0.15) is 13.3 Å². The molecule has 148 valence electrons. The van der Waals surface area contributed by atoms with E-state index in [-0.39, 0.29) is 24.1 Å². The number of fused-ring (bicyclic) bond motifs is 1. The molecule has 0 saturated carbocycles. The van der Waals surface area contributed by atoms with Crippen molar-refractivity contribution in [3.8, 4) is 11.4 Å². The first-order valence-corrected chi connectivity index (χ1v) is 10.3. The van der Waals surface area contributed by atoms with Crippen LogP contribution in [0, 0.1) is 0 Å². The summed E-state index contributed by atoms with van der Waals surface area (Å²) in [5, 5.41) is 12.1. The zero-order valence-electron chi connectivity index (χ0n) is 15.9. The van der Waals surface area contributed by atoms with Gasteiger partial charge in [-0.2, -0.15) is 0 Å². The predicted molar refractivity (Wildman–Crippen MR) is 112 cm³/mol. The molecule has 0 radical (unpaired) electrons. The van der Waals surface area contributed by atoms with Crippen molar-refractivity contribution in [2.45, 2.75) is 25.0 Å². The van der Waals surface area contributed by atoms with Gasteiger partial charge < -0.3 is 14.8 Å². The van der Waals surface area contributed by atoms with E-state index in [0.29, 0.717) is 16.5 Å². The molecule has 1 N–H and O–H groups in total. The molecule has 2 aromatic heterocycles. The van der Waals surface area contributed by atoms with Gasteiger partial charge >= 0.3 is 0 Å². The van der Waals surface area contributed by atoms with Crippen LogP contribution >= 0.6 is 11.8 Å². The molecule has 9 heteroatoms. The van der Waals surface area contributed by atoms with Crippen LogP contribution in [0.25, 0.3) is 11.4 Å². The number of anilines is 2. The summed E-state index contributed by atoms with van der Waals surface area (Å²) in [5.74, 6) is 0.580. The lowest BCUT2D eigenvalue weighted by atomic mass is 10.2. The summed E-state index contributed by atoms with van der Waals surface area (Å²) < 4.78 is 2.02. The van der Waals surface area contributed by atoms with Crippen LogP contribution in [0.2, 0.25) is 0 Å². The zero-order chi connectivity index (χ0) is 20.2. The molecule has 0 unspecified atom stereocenters. The second-order valence-corrected chi connectivity index (χ2v) is 7.47. The summed E-state index contributed by atoms with van der Waals surface area (Å²) in [5.41, 5.74) is 2.29. The highest BCUT2D eigenvalue weighted by molar-refractivity contribution is 7.99. The van der Waals surface area contributed by atoms with Gasteiger partial charge in [-0.1, -0.05) is 30.8 Å². The molecular formula is C20H20N6O2S. The van der Waals surface area contributed by atoms with E-state index in [9.17, 15) is 9.59 Å². The maximum atomic E-state index is 12.9. The molecular weight excluding hydrogens is 388 g/mol. The molecule has 1 aromatic carbocycles. The van der Waals surface area contributed by atoms with Gasteiger partial charge in [-0.3, -0.25) is 14.6 Å². The number of pyridine rings is 1. The second kappa shape index (κ2) is 8.44. The predicted octanol–water partition coefficient (Wildman–Crippen LogP) is 2.83. The van der Waals surface area contributed by atoms with Gasteiger partial charge in [0.05, 0.1) is 17.1 Å². The van der Waals surface area contributed by atoms with Gasteiger partial charge in [0.1, 0.15) is 6.54 Å². The maximum absolute atomic E-state index is 12.9. The molecule has 0 atom stereocenters. The number of para-hydroxylation sites is 2. The summed E-state index contributed by atoms with van der Waals surface area (Å²) in [6.07, 6.45) is 4.35. The van der Waals surface area contributed by atoms with E-state index < -0.39 is 0 Å². The number of aromatic nitrogens is 4. The smallest absolute Gasteiger partial charge is 0.244 e. The molecule has 8 nitrogen and oxygen atoms in total. The van der Waals surface area contributed by atoms with Gasteiger partial charge in [0.25, 0.3) is 0 Å². The van der Waals surface area contributed by atoms with Crippen LogP contribution in [0.3, 0.4) is 0 Å².